The molecule has 2 aromatic rings. The average molecular weight is 284 g/mol. The predicted octanol–water partition coefficient (Wildman–Crippen LogP) is 2.49. The number of hydrogen-bond acceptors (Lipinski definition) is 3. The van der Waals surface area contributed by atoms with Crippen molar-refractivity contribution in [1.82, 2.24) is 5.32 Å². The number of phenolic OH excluding ortho intramolecular Hbond substituents is 1. The quantitative estimate of drug-likeness (QED) is 0.763. The predicted molar refractivity (Wildman–Crippen MR) is 82.6 cm³/mol. The molecule has 1 amide bonds. The Morgan fingerprint density at radius 2 is 1.76 bits per heavy atom. The van der Waals surface area contributed by atoms with Gasteiger partial charge in [-0.15, -0.1) is 0 Å². The molecule has 0 aliphatic heterocycles. The van der Waals surface area contributed by atoms with Crippen LogP contribution in [0.15, 0.2) is 54.6 Å². The van der Waals surface area contributed by atoms with Crippen LogP contribution in [0.2, 0.25) is 0 Å². The summed E-state index contributed by atoms with van der Waals surface area (Å²) in [6.45, 7) is 0.458. The van der Waals surface area contributed by atoms with E-state index < -0.39 is 0 Å². The molecule has 110 valence electrons. The van der Waals surface area contributed by atoms with Gasteiger partial charge in [0.1, 0.15) is 5.75 Å². The maximum atomic E-state index is 11.8. The van der Waals surface area contributed by atoms with E-state index >= 15 is 0 Å². The molecular formula is C17H20N2O2. The molecule has 2 rings (SSSR count). The first-order valence-corrected chi connectivity index (χ1v) is 7.00. The van der Waals surface area contributed by atoms with Crippen LogP contribution in [-0.2, 0) is 11.3 Å². The summed E-state index contributed by atoms with van der Waals surface area (Å²) in [5, 5.41) is 12.0. The molecule has 0 radical (unpaired) electrons. The van der Waals surface area contributed by atoms with Crippen LogP contribution in [0.3, 0.4) is 0 Å². The first-order valence-electron chi connectivity index (χ1n) is 7.00. The van der Waals surface area contributed by atoms with Crippen LogP contribution < -0.4 is 11.1 Å². The van der Waals surface area contributed by atoms with Crippen molar-refractivity contribution >= 4 is 5.91 Å². The first kappa shape index (κ1) is 15.1. The number of hydrogen-bond donors (Lipinski definition) is 3. The van der Waals surface area contributed by atoms with Gasteiger partial charge in [-0.05, 0) is 29.7 Å². The molecule has 4 heteroatoms. The van der Waals surface area contributed by atoms with Gasteiger partial charge in [0.05, 0.1) is 0 Å². The number of carbonyl (C=O) groups is 1. The van der Waals surface area contributed by atoms with Crippen molar-refractivity contribution in [1.29, 1.82) is 0 Å². The molecule has 4 N–H and O–H groups in total. The van der Waals surface area contributed by atoms with Crippen LogP contribution in [0.25, 0.3) is 0 Å². The molecular weight excluding hydrogens is 264 g/mol. The number of nitrogens with one attached hydrogen (secondary N) is 1. The molecule has 1 unspecified atom stereocenters. The van der Waals surface area contributed by atoms with Crippen LogP contribution >= 0.6 is 0 Å². The van der Waals surface area contributed by atoms with E-state index in [9.17, 15) is 9.90 Å². The molecule has 0 fully saturated rings. The molecule has 0 saturated carbocycles. The second-order valence-electron chi connectivity index (χ2n) is 5.00. The zero-order valence-electron chi connectivity index (χ0n) is 11.8. The van der Waals surface area contributed by atoms with Crippen molar-refractivity contribution in [2.75, 3.05) is 0 Å². The molecule has 0 saturated heterocycles. The Labute approximate surface area is 124 Å². The molecule has 4 nitrogen and oxygen atoms in total. The number of amides is 1. The Morgan fingerprint density at radius 3 is 2.43 bits per heavy atom. The van der Waals surface area contributed by atoms with E-state index in [-0.39, 0.29) is 17.7 Å². The molecule has 0 aliphatic carbocycles. The molecule has 0 aliphatic rings. The Morgan fingerprint density at radius 1 is 1.10 bits per heavy atom. The fourth-order valence-electron chi connectivity index (χ4n) is 2.06. The van der Waals surface area contributed by atoms with Crippen LogP contribution in [0.1, 0.15) is 30.0 Å². The van der Waals surface area contributed by atoms with Gasteiger partial charge in [0.2, 0.25) is 5.91 Å². The van der Waals surface area contributed by atoms with Gasteiger partial charge < -0.3 is 16.2 Å². The highest BCUT2D eigenvalue weighted by Crippen LogP contribution is 2.15. The van der Waals surface area contributed by atoms with E-state index in [0.29, 0.717) is 19.4 Å². The fraction of sp³-hybridized carbons (Fsp3) is 0.235. The summed E-state index contributed by atoms with van der Waals surface area (Å²) in [7, 11) is 0. The van der Waals surface area contributed by atoms with Gasteiger partial charge in [-0.1, -0.05) is 42.5 Å². The zero-order valence-corrected chi connectivity index (χ0v) is 11.8. The van der Waals surface area contributed by atoms with Gasteiger partial charge in [0, 0.05) is 19.0 Å². The first-order chi connectivity index (χ1) is 10.1. The topological polar surface area (TPSA) is 75.4 Å². The fourth-order valence-corrected chi connectivity index (χ4v) is 2.06. The number of carbonyl (C=O) groups excluding carboxylic acids is 1. The minimum atomic E-state index is -0.120. The largest absolute Gasteiger partial charge is 0.508 e. The standard InChI is InChI=1S/C17H20N2O2/c18-16(14-4-2-1-3-5-14)10-11-17(21)19-12-13-6-8-15(20)9-7-13/h1-9,16,20H,10-12,18H2,(H,19,21). The maximum Gasteiger partial charge on any atom is 0.220 e. The lowest BCUT2D eigenvalue weighted by Crippen LogP contribution is -2.24. The van der Waals surface area contributed by atoms with Gasteiger partial charge in [-0.2, -0.15) is 0 Å². The molecule has 2 aromatic carbocycles. The van der Waals surface area contributed by atoms with Crippen molar-refractivity contribution in [2.45, 2.75) is 25.4 Å². The molecule has 0 bridgehead atoms. The number of benzene rings is 2. The SMILES string of the molecule is NC(CCC(=O)NCc1ccc(O)cc1)c1ccccc1. The summed E-state index contributed by atoms with van der Waals surface area (Å²) in [6, 6.07) is 16.4. The number of rotatable bonds is 6. The monoisotopic (exact) mass is 284 g/mol. The summed E-state index contributed by atoms with van der Waals surface area (Å²) in [4.78, 5) is 11.8. The van der Waals surface area contributed by atoms with Crippen LogP contribution in [0.4, 0.5) is 0 Å². The van der Waals surface area contributed by atoms with E-state index in [1.54, 1.807) is 24.3 Å². The Bertz CT molecular complexity index is 567. The number of nitrogens with two attached hydrogens (primary N) is 1. The van der Waals surface area contributed by atoms with Crippen LogP contribution in [0, 0.1) is 0 Å². The Kier molecular flexibility index (Phi) is 5.35. The lowest BCUT2D eigenvalue weighted by atomic mass is 10.0. The van der Waals surface area contributed by atoms with Crippen molar-refractivity contribution in [3.05, 3.63) is 65.7 Å². The summed E-state index contributed by atoms with van der Waals surface area (Å²) in [5.41, 5.74) is 8.06. The van der Waals surface area contributed by atoms with E-state index in [1.807, 2.05) is 30.3 Å². The lowest BCUT2D eigenvalue weighted by molar-refractivity contribution is -0.121. The summed E-state index contributed by atoms with van der Waals surface area (Å²) in [5.74, 6) is 0.202. The minimum Gasteiger partial charge on any atom is -0.508 e. The highest BCUT2D eigenvalue weighted by atomic mass is 16.3. The molecule has 0 heterocycles. The zero-order chi connectivity index (χ0) is 15.1. The van der Waals surface area contributed by atoms with E-state index in [1.165, 1.54) is 0 Å². The summed E-state index contributed by atoms with van der Waals surface area (Å²) < 4.78 is 0. The average Bonchev–Trinajstić information content (AvgIpc) is 2.53. The Hall–Kier alpha value is -2.33. The third-order valence-corrected chi connectivity index (χ3v) is 3.34. The highest BCUT2D eigenvalue weighted by Gasteiger charge is 2.08. The van der Waals surface area contributed by atoms with Gasteiger partial charge in [-0.25, -0.2) is 0 Å². The Balaban J connectivity index is 1.73. The number of phenols is 1. The van der Waals surface area contributed by atoms with E-state index in [4.69, 9.17) is 5.73 Å². The van der Waals surface area contributed by atoms with Crippen molar-refractivity contribution in [3.8, 4) is 5.75 Å². The van der Waals surface area contributed by atoms with Gasteiger partial charge in [0.15, 0.2) is 0 Å². The molecule has 0 spiro atoms. The lowest BCUT2D eigenvalue weighted by Gasteiger charge is -2.12. The third kappa shape index (κ3) is 4.93. The highest BCUT2D eigenvalue weighted by molar-refractivity contribution is 5.75. The van der Waals surface area contributed by atoms with Crippen molar-refractivity contribution in [3.63, 3.8) is 0 Å². The van der Waals surface area contributed by atoms with Crippen molar-refractivity contribution in [2.24, 2.45) is 5.73 Å². The smallest absolute Gasteiger partial charge is 0.220 e. The second-order valence-corrected chi connectivity index (χ2v) is 5.00. The normalized spacial score (nSPS) is 11.9. The minimum absolute atomic E-state index is 0.0190. The molecule has 1 atom stereocenters. The van der Waals surface area contributed by atoms with Crippen molar-refractivity contribution < 1.29 is 9.90 Å². The molecule has 0 aromatic heterocycles. The van der Waals surface area contributed by atoms with E-state index in [0.717, 1.165) is 11.1 Å². The second kappa shape index (κ2) is 7.45. The summed E-state index contributed by atoms with van der Waals surface area (Å²) >= 11 is 0. The van der Waals surface area contributed by atoms with Gasteiger partial charge in [-0.3, -0.25) is 4.79 Å². The van der Waals surface area contributed by atoms with Crippen LogP contribution in [-0.4, -0.2) is 11.0 Å². The maximum absolute atomic E-state index is 11.8. The third-order valence-electron chi connectivity index (χ3n) is 3.34. The number of aromatic hydroxyl groups is 1. The van der Waals surface area contributed by atoms with E-state index in [2.05, 4.69) is 5.32 Å². The summed E-state index contributed by atoms with van der Waals surface area (Å²) in [6.07, 6.45) is 1.01. The van der Waals surface area contributed by atoms with Gasteiger partial charge in [0.25, 0.3) is 0 Å². The van der Waals surface area contributed by atoms with Crippen LogP contribution in [0.5, 0.6) is 5.75 Å². The molecule has 21 heavy (non-hydrogen) atoms. The van der Waals surface area contributed by atoms with Gasteiger partial charge >= 0.3 is 0 Å².